The molecule has 3 aromatic rings. The largest absolute Gasteiger partial charge is 0.478 e. The van der Waals surface area contributed by atoms with E-state index in [1.807, 2.05) is 30.3 Å². The minimum absolute atomic E-state index is 0.0195. The van der Waals surface area contributed by atoms with Crippen molar-refractivity contribution in [3.63, 3.8) is 0 Å². The van der Waals surface area contributed by atoms with Crippen LogP contribution in [0.15, 0.2) is 59.2 Å². The Morgan fingerprint density at radius 1 is 1.16 bits per heavy atom. The second kappa shape index (κ2) is 7.57. The third-order valence-corrected chi connectivity index (χ3v) is 3.55. The second-order valence-electron chi connectivity index (χ2n) is 5.26. The maximum atomic E-state index is 13.7. The fourth-order valence-electron chi connectivity index (χ4n) is 2.27. The predicted molar refractivity (Wildman–Crippen MR) is 89.5 cm³/mol. The highest BCUT2D eigenvalue weighted by Gasteiger charge is 2.23. The molecule has 1 aromatic heterocycles. The van der Waals surface area contributed by atoms with Crippen molar-refractivity contribution in [2.24, 2.45) is 0 Å². The van der Waals surface area contributed by atoms with Crippen molar-refractivity contribution in [1.29, 1.82) is 0 Å². The normalized spacial score (nSPS) is 11.8. The lowest BCUT2D eigenvalue weighted by atomic mass is 10.1. The minimum Gasteiger partial charge on any atom is -0.478 e. The van der Waals surface area contributed by atoms with Gasteiger partial charge in [-0.05, 0) is 28.9 Å². The Labute approximate surface area is 143 Å². The summed E-state index contributed by atoms with van der Waals surface area (Å²) in [6.45, 7) is 1.77. The van der Waals surface area contributed by atoms with Crippen LogP contribution in [0.3, 0.4) is 0 Å². The molecule has 3 rings (SSSR count). The van der Waals surface area contributed by atoms with Crippen molar-refractivity contribution in [3.05, 3.63) is 60.4 Å². The fraction of sp³-hybridized carbons (Fsp3) is 0.167. The number of nitrogens with zero attached hydrogens (tertiary/aromatic N) is 2. The molecule has 0 unspecified atom stereocenters. The number of carbonyl (C=O) groups is 1. The van der Waals surface area contributed by atoms with Crippen molar-refractivity contribution in [3.8, 4) is 17.0 Å². The molecule has 0 spiro atoms. The molecule has 0 aliphatic rings. The molecule has 0 saturated heterocycles. The van der Waals surface area contributed by atoms with Crippen LogP contribution in [0, 0.1) is 5.82 Å². The van der Waals surface area contributed by atoms with Crippen LogP contribution in [0.1, 0.15) is 13.3 Å². The standard InChI is InChI=1S/C18H16FN3O3/c1-2-14(24-15-11-7-6-10-13(15)19)18(23)20-17-16(21-25-22-17)12-8-4-3-5-9-12/h3-11,14H,2H2,1H3,(H,20,22,23)/t14-/m0/s1. The number of halogens is 1. The van der Waals surface area contributed by atoms with Crippen molar-refractivity contribution in [2.75, 3.05) is 5.32 Å². The number of rotatable bonds is 6. The molecule has 1 heterocycles. The number of benzene rings is 2. The molecule has 6 nitrogen and oxygen atoms in total. The topological polar surface area (TPSA) is 77.2 Å². The summed E-state index contributed by atoms with van der Waals surface area (Å²) < 4.78 is 23.9. The molecule has 0 radical (unpaired) electrons. The number of hydrogen-bond acceptors (Lipinski definition) is 5. The minimum atomic E-state index is -0.878. The SMILES string of the molecule is CC[C@H](Oc1ccccc1F)C(=O)Nc1nonc1-c1ccccc1. The molecule has 7 heteroatoms. The molecular weight excluding hydrogens is 325 g/mol. The van der Waals surface area contributed by atoms with Gasteiger partial charge in [0.2, 0.25) is 5.82 Å². The van der Waals surface area contributed by atoms with Crippen molar-refractivity contribution in [1.82, 2.24) is 10.3 Å². The van der Waals surface area contributed by atoms with Gasteiger partial charge >= 0.3 is 0 Å². The van der Waals surface area contributed by atoms with Gasteiger partial charge in [-0.3, -0.25) is 4.79 Å². The molecule has 0 bridgehead atoms. The van der Waals surface area contributed by atoms with Crippen LogP contribution in [0.2, 0.25) is 0 Å². The predicted octanol–water partition coefficient (Wildman–Crippen LogP) is 3.67. The summed E-state index contributed by atoms with van der Waals surface area (Å²) in [6.07, 6.45) is -0.524. The zero-order chi connectivity index (χ0) is 17.6. The monoisotopic (exact) mass is 341 g/mol. The summed E-state index contributed by atoms with van der Waals surface area (Å²) in [5.41, 5.74) is 1.16. The maximum Gasteiger partial charge on any atom is 0.266 e. The highest BCUT2D eigenvalue weighted by molar-refractivity contribution is 5.96. The van der Waals surface area contributed by atoms with E-state index >= 15 is 0 Å². The fourth-order valence-corrected chi connectivity index (χ4v) is 2.27. The maximum absolute atomic E-state index is 13.7. The van der Waals surface area contributed by atoms with Gasteiger partial charge in [-0.15, -0.1) is 0 Å². The van der Waals surface area contributed by atoms with Crippen molar-refractivity contribution >= 4 is 11.7 Å². The summed E-state index contributed by atoms with van der Waals surface area (Å²) in [4.78, 5) is 12.5. The van der Waals surface area contributed by atoms with Crippen LogP contribution in [0.25, 0.3) is 11.3 Å². The summed E-state index contributed by atoms with van der Waals surface area (Å²) in [5.74, 6) is -0.779. The summed E-state index contributed by atoms with van der Waals surface area (Å²) in [6, 6.07) is 15.1. The quantitative estimate of drug-likeness (QED) is 0.740. The number of para-hydroxylation sites is 1. The van der Waals surface area contributed by atoms with Gasteiger partial charge in [0.05, 0.1) is 0 Å². The Kier molecular flexibility index (Phi) is 5.03. The second-order valence-corrected chi connectivity index (χ2v) is 5.26. The molecule has 1 N–H and O–H groups in total. The lowest BCUT2D eigenvalue weighted by Gasteiger charge is -2.16. The third-order valence-electron chi connectivity index (χ3n) is 3.55. The number of carbonyl (C=O) groups excluding carboxylic acids is 1. The molecule has 2 aromatic carbocycles. The first kappa shape index (κ1) is 16.6. The Balaban J connectivity index is 1.75. The van der Waals surface area contributed by atoms with Crippen LogP contribution >= 0.6 is 0 Å². The van der Waals surface area contributed by atoms with Gasteiger partial charge in [-0.1, -0.05) is 49.4 Å². The van der Waals surface area contributed by atoms with E-state index in [0.29, 0.717) is 12.1 Å². The first-order valence-electron chi connectivity index (χ1n) is 7.79. The van der Waals surface area contributed by atoms with Gasteiger partial charge in [0, 0.05) is 5.56 Å². The van der Waals surface area contributed by atoms with Crippen LogP contribution in [-0.4, -0.2) is 22.3 Å². The van der Waals surface area contributed by atoms with Crippen LogP contribution < -0.4 is 10.1 Å². The Morgan fingerprint density at radius 2 is 1.88 bits per heavy atom. The average molecular weight is 341 g/mol. The Morgan fingerprint density at radius 3 is 2.60 bits per heavy atom. The number of aromatic nitrogens is 2. The number of hydrogen-bond donors (Lipinski definition) is 1. The van der Waals surface area contributed by atoms with Crippen LogP contribution in [0.5, 0.6) is 5.75 Å². The van der Waals surface area contributed by atoms with Crippen molar-refractivity contribution in [2.45, 2.75) is 19.4 Å². The van der Waals surface area contributed by atoms with Gasteiger partial charge in [-0.25, -0.2) is 9.02 Å². The first-order chi connectivity index (χ1) is 12.2. The first-order valence-corrected chi connectivity index (χ1v) is 7.79. The van der Waals surface area contributed by atoms with Crippen LogP contribution in [0.4, 0.5) is 10.2 Å². The third kappa shape index (κ3) is 3.82. The number of ether oxygens (including phenoxy) is 1. The number of anilines is 1. The van der Waals surface area contributed by atoms with Gasteiger partial charge in [0.1, 0.15) is 0 Å². The van der Waals surface area contributed by atoms with Gasteiger partial charge in [0.25, 0.3) is 5.91 Å². The lowest BCUT2D eigenvalue weighted by molar-refractivity contribution is -0.122. The Hall–Kier alpha value is -3.22. The Bertz CT molecular complexity index is 852. The molecule has 1 atom stereocenters. The molecule has 128 valence electrons. The molecule has 0 saturated carbocycles. The average Bonchev–Trinajstić information content (AvgIpc) is 3.09. The smallest absolute Gasteiger partial charge is 0.266 e. The number of amides is 1. The highest BCUT2D eigenvalue weighted by atomic mass is 19.1. The highest BCUT2D eigenvalue weighted by Crippen LogP contribution is 2.24. The molecule has 1 amide bonds. The van der Waals surface area contributed by atoms with Gasteiger partial charge < -0.3 is 10.1 Å². The summed E-state index contributed by atoms with van der Waals surface area (Å²) >= 11 is 0. The van der Waals surface area contributed by atoms with E-state index in [1.54, 1.807) is 19.1 Å². The zero-order valence-electron chi connectivity index (χ0n) is 13.5. The van der Waals surface area contributed by atoms with E-state index in [0.717, 1.165) is 5.56 Å². The van der Waals surface area contributed by atoms with Gasteiger partial charge in [0.15, 0.2) is 23.4 Å². The van der Waals surface area contributed by atoms with E-state index in [2.05, 4.69) is 15.6 Å². The molecule has 0 aliphatic carbocycles. The van der Waals surface area contributed by atoms with E-state index in [1.165, 1.54) is 12.1 Å². The molecule has 25 heavy (non-hydrogen) atoms. The molecule has 0 aliphatic heterocycles. The van der Waals surface area contributed by atoms with Crippen molar-refractivity contribution < 1.29 is 18.6 Å². The molecule has 0 fully saturated rings. The van der Waals surface area contributed by atoms with E-state index in [4.69, 9.17) is 9.37 Å². The van der Waals surface area contributed by atoms with Crippen LogP contribution in [-0.2, 0) is 4.79 Å². The summed E-state index contributed by atoms with van der Waals surface area (Å²) in [5, 5.41) is 10.2. The lowest BCUT2D eigenvalue weighted by Crippen LogP contribution is -2.32. The number of nitrogens with one attached hydrogen (secondary N) is 1. The summed E-state index contributed by atoms with van der Waals surface area (Å²) in [7, 11) is 0. The van der Waals surface area contributed by atoms with E-state index in [-0.39, 0.29) is 11.6 Å². The van der Waals surface area contributed by atoms with Gasteiger partial charge in [-0.2, -0.15) is 0 Å². The van der Waals surface area contributed by atoms with E-state index in [9.17, 15) is 9.18 Å². The molecular formula is C18H16FN3O3. The zero-order valence-corrected chi connectivity index (χ0v) is 13.5. The van der Waals surface area contributed by atoms with E-state index < -0.39 is 17.8 Å².